The van der Waals surface area contributed by atoms with E-state index in [-0.39, 0.29) is 35.3 Å². The standard InChI is InChI=1S/C24H21ClN2O6S/c1-2-34(30,31)27(18-9-11-21-22(13-18)33-15-32-21)14-23(28)26-20-10-8-17(25)12-19(20)24(29)16-6-4-3-5-7-16/h3-13H,2,14-15H2,1H3,(H,26,28). The highest BCUT2D eigenvalue weighted by molar-refractivity contribution is 7.92. The molecule has 8 nitrogen and oxygen atoms in total. The molecule has 3 aromatic rings. The topological polar surface area (TPSA) is 102 Å². The number of hydrogen-bond acceptors (Lipinski definition) is 6. The normalized spacial score (nSPS) is 12.3. The maximum absolute atomic E-state index is 13.0. The first-order chi connectivity index (χ1) is 16.3. The molecule has 0 spiro atoms. The number of fused-ring (bicyclic) bond motifs is 1. The van der Waals surface area contributed by atoms with Crippen molar-refractivity contribution >= 4 is 44.7 Å². The third kappa shape index (κ3) is 5.00. The third-order valence-corrected chi connectivity index (χ3v) is 7.14. The number of carbonyl (C=O) groups excluding carboxylic acids is 2. The summed E-state index contributed by atoms with van der Waals surface area (Å²) in [6.07, 6.45) is 0. The fourth-order valence-corrected chi connectivity index (χ4v) is 4.66. The lowest BCUT2D eigenvalue weighted by molar-refractivity contribution is -0.114. The second-order valence-electron chi connectivity index (χ2n) is 7.38. The van der Waals surface area contributed by atoms with Gasteiger partial charge in [0.15, 0.2) is 17.3 Å². The van der Waals surface area contributed by atoms with Crippen LogP contribution in [0.3, 0.4) is 0 Å². The van der Waals surface area contributed by atoms with E-state index in [1.807, 2.05) is 0 Å². The van der Waals surface area contributed by atoms with E-state index < -0.39 is 22.5 Å². The molecule has 0 saturated carbocycles. The minimum absolute atomic E-state index is 0.0363. The fourth-order valence-electron chi connectivity index (χ4n) is 3.42. The molecule has 1 N–H and O–H groups in total. The number of ketones is 1. The SMILES string of the molecule is CCS(=O)(=O)N(CC(=O)Nc1ccc(Cl)cc1C(=O)c1ccccc1)c1ccc2c(c1)OCO2. The van der Waals surface area contributed by atoms with Gasteiger partial charge >= 0.3 is 0 Å². The number of sulfonamides is 1. The quantitative estimate of drug-likeness (QED) is 0.467. The van der Waals surface area contributed by atoms with Crippen molar-refractivity contribution in [1.29, 1.82) is 0 Å². The zero-order valence-corrected chi connectivity index (χ0v) is 19.7. The summed E-state index contributed by atoms with van der Waals surface area (Å²) >= 11 is 6.10. The largest absolute Gasteiger partial charge is 0.454 e. The molecule has 0 atom stereocenters. The highest BCUT2D eigenvalue weighted by atomic mass is 35.5. The molecule has 4 rings (SSSR count). The van der Waals surface area contributed by atoms with Gasteiger partial charge in [0.2, 0.25) is 22.7 Å². The molecule has 3 aromatic carbocycles. The number of rotatable bonds is 8. The summed E-state index contributed by atoms with van der Waals surface area (Å²) in [5, 5.41) is 2.98. The van der Waals surface area contributed by atoms with Crippen LogP contribution in [0.2, 0.25) is 5.02 Å². The highest BCUT2D eigenvalue weighted by Gasteiger charge is 2.26. The molecule has 1 heterocycles. The van der Waals surface area contributed by atoms with E-state index in [1.165, 1.54) is 31.2 Å². The van der Waals surface area contributed by atoms with Gasteiger partial charge in [0.1, 0.15) is 6.54 Å². The molecular weight excluding hydrogens is 480 g/mol. The maximum Gasteiger partial charge on any atom is 0.245 e. The zero-order chi connectivity index (χ0) is 24.3. The first-order valence-corrected chi connectivity index (χ1v) is 12.4. The van der Waals surface area contributed by atoms with Gasteiger partial charge in [-0.25, -0.2) is 8.42 Å². The Labute approximate surface area is 202 Å². The lowest BCUT2D eigenvalue weighted by atomic mass is 10.0. The summed E-state index contributed by atoms with van der Waals surface area (Å²) in [6.45, 7) is 1.02. The molecule has 10 heteroatoms. The van der Waals surface area contributed by atoms with E-state index in [0.29, 0.717) is 22.1 Å². The van der Waals surface area contributed by atoms with Crippen LogP contribution < -0.4 is 19.1 Å². The average molecular weight is 501 g/mol. The van der Waals surface area contributed by atoms with Gasteiger partial charge in [0.05, 0.1) is 17.1 Å². The van der Waals surface area contributed by atoms with Gasteiger partial charge in [-0.15, -0.1) is 0 Å². The summed E-state index contributed by atoms with van der Waals surface area (Å²) in [7, 11) is -3.81. The van der Waals surface area contributed by atoms with Gasteiger partial charge in [-0.3, -0.25) is 13.9 Å². The van der Waals surface area contributed by atoms with E-state index in [9.17, 15) is 18.0 Å². The van der Waals surface area contributed by atoms with Crippen LogP contribution in [-0.4, -0.2) is 39.2 Å². The molecule has 176 valence electrons. The second-order valence-corrected chi connectivity index (χ2v) is 10.00. The van der Waals surface area contributed by atoms with E-state index in [2.05, 4.69) is 5.32 Å². The van der Waals surface area contributed by atoms with Crippen molar-refractivity contribution in [2.45, 2.75) is 6.92 Å². The summed E-state index contributed by atoms with van der Waals surface area (Å²) in [5.41, 5.74) is 1.11. The monoisotopic (exact) mass is 500 g/mol. The molecular formula is C24H21ClN2O6S. The van der Waals surface area contributed by atoms with Crippen molar-refractivity contribution in [2.24, 2.45) is 0 Å². The van der Waals surface area contributed by atoms with Crippen molar-refractivity contribution in [1.82, 2.24) is 0 Å². The molecule has 34 heavy (non-hydrogen) atoms. The van der Waals surface area contributed by atoms with Crippen LogP contribution >= 0.6 is 11.6 Å². The van der Waals surface area contributed by atoms with Gasteiger partial charge < -0.3 is 14.8 Å². The van der Waals surface area contributed by atoms with Crippen molar-refractivity contribution in [3.8, 4) is 11.5 Å². The van der Waals surface area contributed by atoms with Crippen molar-refractivity contribution in [3.63, 3.8) is 0 Å². The third-order valence-electron chi connectivity index (χ3n) is 5.17. The van der Waals surface area contributed by atoms with Crippen molar-refractivity contribution < 1.29 is 27.5 Å². The summed E-state index contributed by atoms with van der Waals surface area (Å²) in [4.78, 5) is 26.0. The fraction of sp³-hybridized carbons (Fsp3) is 0.167. The molecule has 1 amide bonds. The molecule has 0 radical (unpaired) electrons. The lowest BCUT2D eigenvalue weighted by Gasteiger charge is -2.24. The smallest absolute Gasteiger partial charge is 0.245 e. The Kier molecular flexibility index (Phi) is 6.76. The lowest BCUT2D eigenvalue weighted by Crippen LogP contribution is -2.39. The molecule has 1 aliphatic rings. The summed E-state index contributed by atoms with van der Waals surface area (Å²) < 4.78 is 37.2. The second kappa shape index (κ2) is 9.74. The van der Waals surface area contributed by atoms with Gasteiger partial charge in [0.25, 0.3) is 0 Å². The van der Waals surface area contributed by atoms with Crippen molar-refractivity contribution in [3.05, 3.63) is 82.9 Å². The predicted octanol–water partition coefficient (Wildman–Crippen LogP) is 4.09. The minimum Gasteiger partial charge on any atom is -0.454 e. The minimum atomic E-state index is -3.81. The van der Waals surface area contributed by atoms with Crippen LogP contribution in [0.1, 0.15) is 22.8 Å². The van der Waals surface area contributed by atoms with E-state index >= 15 is 0 Å². The Hall–Kier alpha value is -3.56. The molecule has 1 aliphatic heterocycles. The van der Waals surface area contributed by atoms with E-state index in [0.717, 1.165) is 4.31 Å². The van der Waals surface area contributed by atoms with E-state index in [4.69, 9.17) is 21.1 Å². The van der Waals surface area contributed by atoms with Crippen LogP contribution in [0.15, 0.2) is 66.7 Å². The highest BCUT2D eigenvalue weighted by Crippen LogP contribution is 2.36. The maximum atomic E-state index is 13.0. The Morgan fingerprint density at radius 1 is 1.00 bits per heavy atom. The first kappa shape index (κ1) is 23.6. The van der Waals surface area contributed by atoms with Crippen LogP contribution in [-0.2, 0) is 14.8 Å². The number of ether oxygens (including phenoxy) is 2. The summed E-state index contributed by atoms with van der Waals surface area (Å²) in [5.74, 6) is -0.283. The van der Waals surface area contributed by atoms with E-state index in [1.54, 1.807) is 42.5 Å². The Balaban J connectivity index is 1.61. The number of hydrogen-bond donors (Lipinski definition) is 1. The average Bonchev–Trinajstić information content (AvgIpc) is 3.31. The first-order valence-electron chi connectivity index (χ1n) is 10.4. The van der Waals surface area contributed by atoms with Crippen LogP contribution in [0.5, 0.6) is 11.5 Å². The van der Waals surface area contributed by atoms with Crippen LogP contribution in [0.25, 0.3) is 0 Å². The Morgan fingerprint density at radius 2 is 1.74 bits per heavy atom. The Morgan fingerprint density at radius 3 is 2.47 bits per heavy atom. The van der Waals surface area contributed by atoms with Crippen LogP contribution in [0.4, 0.5) is 11.4 Å². The number of nitrogens with one attached hydrogen (secondary N) is 1. The number of halogens is 1. The number of anilines is 2. The Bertz CT molecular complexity index is 1340. The number of carbonyl (C=O) groups is 2. The molecule has 0 saturated heterocycles. The van der Waals surface area contributed by atoms with Gasteiger partial charge in [-0.2, -0.15) is 0 Å². The molecule has 0 aliphatic carbocycles. The molecule has 0 aromatic heterocycles. The van der Waals surface area contributed by atoms with Crippen LogP contribution in [0, 0.1) is 0 Å². The molecule has 0 unspecified atom stereocenters. The van der Waals surface area contributed by atoms with Gasteiger partial charge in [-0.05, 0) is 37.3 Å². The van der Waals surface area contributed by atoms with Gasteiger partial charge in [-0.1, -0.05) is 41.9 Å². The predicted molar refractivity (Wildman–Crippen MR) is 129 cm³/mol. The number of benzene rings is 3. The van der Waals surface area contributed by atoms with Gasteiger partial charge in [0, 0.05) is 22.2 Å². The molecule has 0 bridgehead atoms. The van der Waals surface area contributed by atoms with Crippen molar-refractivity contribution in [2.75, 3.05) is 28.7 Å². The number of amides is 1. The number of nitrogens with zero attached hydrogens (tertiary/aromatic N) is 1. The molecule has 0 fully saturated rings. The zero-order valence-electron chi connectivity index (χ0n) is 18.2. The summed E-state index contributed by atoms with van der Waals surface area (Å²) in [6, 6.07) is 17.7.